The second-order valence-electron chi connectivity index (χ2n) is 5.39. The fourth-order valence-electron chi connectivity index (χ4n) is 2.23. The number of hydrogen-bond donors (Lipinski definition) is 1. The number of aromatic nitrogens is 2. The van der Waals surface area contributed by atoms with E-state index in [2.05, 4.69) is 15.3 Å². The maximum Gasteiger partial charge on any atom is 0.224 e. The van der Waals surface area contributed by atoms with Crippen LogP contribution in [0.25, 0.3) is 10.6 Å². The van der Waals surface area contributed by atoms with Crippen molar-refractivity contribution in [3.05, 3.63) is 64.4 Å². The lowest BCUT2D eigenvalue weighted by Gasteiger charge is -2.08. The maximum absolute atomic E-state index is 12.1. The fourth-order valence-corrected chi connectivity index (χ4v) is 3.24. The Morgan fingerprint density at radius 1 is 1.33 bits per heavy atom. The highest BCUT2D eigenvalue weighted by Crippen LogP contribution is 2.24. The summed E-state index contributed by atoms with van der Waals surface area (Å²) in [4.78, 5) is 20.8. The number of carbonyl (C=O) groups excluding carboxylic acids is 1. The molecule has 0 saturated heterocycles. The van der Waals surface area contributed by atoms with Crippen LogP contribution >= 0.6 is 22.9 Å². The molecule has 3 aromatic rings. The van der Waals surface area contributed by atoms with Crippen LogP contribution in [0, 0.1) is 6.92 Å². The van der Waals surface area contributed by atoms with E-state index in [1.54, 1.807) is 29.8 Å². The second-order valence-corrected chi connectivity index (χ2v) is 6.69. The smallest absolute Gasteiger partial charge is 0.224 e. The van der Waals surface area contributed by atoms with Gasteiger partial charge >= 0.3 is 0 Å². The summed E-state index contributed by atoms with van der Waals surface area (Å²) in [6.45, 7) is 1.94. The topological polar surface area (TPSA) is 54.9 Å². The van der Waals surface area contributed by atoms with Gasteiger partial charge in [-0.2, -0.15) is 0 Å². The van der Waals surface area contributed by atoms with Gasteiger partial charge in [0.05, 0.1) is 5.69 Å². The zero-order valence-corrected chi connectivity index (χ0v) is 14.7. The average Bonchev–Trinajstić information content (AvgIpc) is 3.06. The molecule has 0 aliphatic heterocycles. The van der Waals surface area contributed by atoms with Crippen molar-refractivity contribution in [1.82, 2.24) is 9.97 Å². The van der Waals surface area contributed by atoms with Crippen molar-refractivity contribution in [3.8, 4) is 10.6 Å². The van der Waals surface area contributed by atoms with Crippen LogP contribution in [0.5, 0.6) is 0 Å². The highest BCUT2D eigenvalue weighted by molar-refractivity contribution is 7.13. The normalized spacial score (nSPS) is 10.6. The van der Waals surface area contributed by atoms with Crippen LogP contribution in [0.3, 0.4) is 0 Å². The van der Waals surface area contributed by atoms with Gasteiger partial charge in [0.15, 0.2) is 0 Å². The zero-order chi connectivity index (χ0) is 16.9. The van der Waals surface area contributed by atoms with E-state index in [1.807, 2.05) is 36.6 Å². The molecule has 4 nitrogen and oxygen atoms in total. The van der Waals surface area contributed by atoms with E-state index in [-0.39, 0.29) is 5.91 Å². The van der Waals surface area contributed by atoms with Gasteiger partial charge in [0, 0.05) is 40.5 Å². The number of amides is 1. The Bertz CT molecular complexity index is 848. The number of nitrogens with zero attached hydrogens (tertiary/aromatic N) is 2. The predicted octanol–water partition coefficient (Wildman–Crippen LogP) is 4.74. The molecule has 122 valence electrons. The summed E-state index contributed by atoms with van der Waals surface area (Å²) < 4.78 is 0. The molecule has 0 aliphatic carbocycles. The minimum Gasteiger partial charge on any atom is -0.326 e. The lowest BCUT2D eigenvalue weighted by atomic mass is 10.2. The molecule has 3 rings (SSSR count). The van der Waals surface area contributed by atoms with Gasteiger partial charge in [-0.05, 0) is 43.2 Å². The first-order valence-electron chi connectivity index (χ1n) is 7.52. The molecule has 0 radical (unpaired) electrons. The minimum absolute atomic E-state index is 0.0451. The SMILES string of the molecule is Cc1ccc(Cl)cc1NC(=O)CCc1csc(-c2cccnc2)n1. The molecule has 24 heavy (non-hydrogen) atoms. The Kier molecular flexibility index (Phi) is 5.23. The van der Waals surface area contributed by atoms with Crippen LogP contribution in [0.1, 0.15) is 17.7 Å². The molecule has 0 saturated carbocycles. The standard InChI is InChI=1S/C18H16ClN3OS/c1-12-4-5-14(19)9-16(12)22-17(23)7-6-15-11-24-18(21-15)13-3-2-8-20-10-13/h2-5,8-11H,6-7H2,1H3,(H,22,23). The van der Waals surface area contributed by atoms with E-state index in [0.717, 1.165) is 27.5 Å². The first-order valence-corrected chi connectivity index (χ1v) is 8.78. The predicted molar refractivity (Wildman–Crippen MR) is 98.5 cm³/mol. The molecular formula is C18H16ClN3OS. The third-order valence-electron chi connectivity index (χ3n) is 3.54. The number of rotatable bonds is 5. The Labute approximate surface area is 149 Å². The highest BCUT2D eigenvalue weighted by Gasteiger charge is 2.09. The van der Waals surface area contributed by atoms with Gasteiger partial charge < -0.3 is 5.32 Å². The van der Waals surface area contributed by atoms with E-state index in [4.69, 9.17) is 11.6 Å². The quantitative estimate of drug-likeness (QED) is 0.717. The Morgan fingerprint density at radius 2 is 2.21 bits per heavy atom. The molecule has 1 N–H and O–H groups in total. The number of anilines is 1. The van der Waals surface area contributed by atoms with Crippen LogP contribution in [0.2, 0.25) is 5.02 Å². The Hall–Kier alpha value is -2.24. The van der Waals surface area contributed by atoms with E-state index in [1.165, 1.54) is 0 Å². The van der Waals surface area contributed by atoms with Gasteiger partial charge in [-0.15, -0.1) is 11.3 Å². The summed E-state index contributed by atoms with van der Waals surface area (Å²) in [5.41, 5.74) is 3.65. The molecule has 1 aromatic carbocycles. The van der Waals surface area contributed by atoms with Gasteiger partial charge in [-0.3, -0.25) is 9.78 Å². The van der Waals surface area contributed by atoms with E-state index >= 15 is 0 Å². The third kappa shape index (κ3) is 4.19. The number of halogens is 1. The van der Waals surface area contributed by atoms with Crippen molar-refractivity contribution in [2.75, 3.05) is 5.32 Å². The molecule has 0 aliphatic rings. The van der Waals surface area contributed by atoms with Gasteiger partial charge in [0.2, 0.25) is 5.91 Å². The molecule has 2 heterocycles. The van der Waals surface area contributed by atoms with Crippen molar-refractivity contribution in [2.24, 2.45) is 0 Å². The molecular weight excluding hydrogens is 342 g/mol. The van der Waals surface area contributed by atoms with Gasteiger partial charge in [-0.1, -0.05) is 17.7 Å². The molecule has 0 fully saturated rings. The first-order chi connectivity index (χ1) is 11.6. The van der Waals surface area contributed by atoms with Crippen molar-refractivity contribution in [2.45, 2.75) is 19.8 Å². The van der Waals surface area contributed by atoms with Crippen LogP contribution in [0.4, 0.5) is 5.69 Å². The van der Waals surface area contributed by atoms with E-state index < -0.39 is 0 Å². The van der Waals surface area contributed by atoms with E-state index in [9.17, 15) is 4.79 Å². The van der Waals surface area contributed by atoms with Crippen LogP contribution < -0.4 is 5.32 Å². The van der Waals surface area contributed by atoms with Crippen LogP contribution in [-0.2, 0) is 11.2 Å². The Morgan fingerprint density at radius 3 is 3.00 bits per heavy atom. The Balaban J connectivity index is 1.59. The van der Waals surface area contributed by atoms with E-state index in [0.29, 0.717) is 17.9 Å². The summed E-state index contributed by atoms with van der Waals surface area (Å²) in [5.74, 6) is -0.0451. The summed E-state index contributed by atoms with van der Waals surface area (Å²) in [6, 6.07) is 9.32. The first kappa shape index (κ1) is 16.6. The number of carbonyl (C=O) groups is 1. The zero-order valence-electron chi connectivity index (χ0n) is 13.1. The van der Waals surface area contributed by atoms with Crippen molar-refractivity contribution in [3.63, 3.8) is 0 Å². The number of aryl methyl sites for hydroxylation is 2. The summed E-state index contributed by atoms with van der Waals surface area (Å²) in [6.07, 6.45) is 4.50. The second kappa shape index (κ2) is 7.55. The molecule has 1 amide bonds. The number of benzene rings is 1. The van der Waals surface area contributed by atoms with Crippen molar-refractivity contribution >= 4 is 34.5 Å². The number of pyridine rings is 1. The molecule has 0 spiro atoms. The van der Waals surface area contributed by atoms with Crippen LogP contribution in [-0.4, -0.2) is 15.9 Å². The average molecular weight is 358 g/mol. The highest BCUT2D eigenvalue weighted by atomic mass is 35.5. The van der Waals surface area contributed by atoms with Gasteiger partial charge in [0.25, 0.3) is 0 Å². The lowest BCUT2D eigenvalue weighted by Crippen LogP contribution is -2.13. The summed E-state index contributed by atoms with van der Waals surface area (Å²) >= 11 is 7.53. The number of nitrogens with one attached hydrogen (secondary N) is 1. The third-order valence-corrected chi connectivity index (χ3v) is 4.72. The van der Waals surface area contributed by atoms with Gasteiger partial charge in [-0.25, -0.2) is 4.98 Å². The van der Waals surface area contributed by atoms with Crippen LogP contribution in [0.15, 0.2) is 48.1 Å². The van der Waals surface area contributed by atoms with Gasteiger partial charge in [0.1, 0.15) is 5.01 Å². The number of thiazole rings is 1. The monoisotopic (exact) mass is 357 g/mol. The fraction of sp³-hybridized carbons (Fsp3) is 0.167. The molecule has 0 bridgehead atoms. The van der Waals surface area contributed by atoms with Crippen molar-refractivity contribution < 1.29 is 4.79 Å². The molecule has 2 aromatic heterocycles. The largest absolute Gasteiger partial charge is 0.326 e. The summed E-state index contributed by atoms with van der Waals surface area (Å²) in [5, 5.41) is 6.42. The van der Waals surface area contributed by atoms with Crippen molar-refractivity contribution in [1.29, 1.82) is 0 Å². The lowest BCUT2D eigenvalue weighted by molar-refractivity contribution is -0.116. The number of hydrogen-bond acceptors (Lipinski definition) is 4. The minimum atomic E-state index is -0.0451. The maximum atomic E-state index is 12.1. The molecule has 6 heteroatoms. The molecule has 0 atom stereocenters. The molecule has 0 unspecified atom stereocenters. The summed E-state index contributed by atoms with van der Waals surface area (Å²) in [7, 11) is 0.